The summed E-state index contributed by atoms with van der Waals surface area (Å²) < 4.78 is 6.55. The number of nitrogens with zero attached hydrogens (tertiary/aromatic N) is 4. The summed E-state index contributed by atoms with van der Waals surface area (Å²) in [5.41, 5.74) is 0. The predicted molar refractivity (Wildman–Crippen MR) is 34.4 cm³/mol. The van der Waals surface area contributed by atoms with E-state index in [0.29, 0.717) is 6.61 Å². The first-order valence-electron chi connectivity index (χ1n) is 3.06. The van der Waals surface area contributed by atoms with Gasteiger partial charge in [0.15, 0.2) is 0 Å². The minimum absolute atomic E-state index is 0.645. The number of methoxy groups -OCH3 is 1. The van der Waals surface area contributed by atoms with Gasteiger partial charge in [0.25, 0.3) is 0 Å². The summed E-state index contributed by atoms with van der Waals surface area (Å²) in [6, 6.07) is 0. The number of aromatic nitrogens is 4. The maximum atomic E-state index is 4.85. The second-order valence-electron chi connectivity index (χ2n) is 1.94. The van der Waals surface area contributed by atoms with Crippen LogP contribution >= 0.6 is 0 Å². The van der Waals surface area contributed by atoms with Gasteiger partial charge >= 0.3 is 0 Å². The SMILES string of the molecule is COCCn1nnnc1C. The predicted octanol–water partition coefficient (Wildman–Crippen LogP) is -0.372. The van der Waals surface area contributed by atoms with Gasteiger partial charge in [-0.05, 0) is 17.4 Å². The standard InChI is InChI=1S/C5H10N4O/c1-5-6-7-8-9(5)3-4-10-2/h3-4H2,1-2H3. The third-order valence-electron chi connectivity index (χ3n) is 1.22. The molecule has 0 atom stereocenters. The van der Waals surface area contributed by atoms with E-state index in [2.05, 4.69) is 15.5 Å². The van der Waals surface area contributed by atoms with Crippen LogP contribution in [-0.4, -0.2) is 33.9 Å². The van der Waals surface area contributed by atoms with Gasteiger partial charge in [0.2, 0.25) is 0 Å². The van der Waals surface area contributed by atoms with Crippen molar-refractivity contribution in [3.8, 4) is 0 Å². The van der Waals surface area contributed by atoms with Gasteiger partial charge in [-0.1, -0.05) is 0 Å². The van der Waals surface area contributed by atoms with Crippen LogP contribution in [0.3, 0.4) is 0 Å². The van der Waals surface area contributed by atoms with Gasteiger partial charge in [0.05, 0.1) is 13.2 Å². The van der Waals surface area contributed by atoms with Crippen LogP contribution in [0, 0.1) is 6.92 Å². The van der Waals surface area contributed by atoms with Gasteiger partial charge in [0.1, 0.15) is 5.82 Å². The lowest BCUT2D eigenvalue weighted by atomic mass is 10.6. The second-order valence-corrected chi connectivity index (χ2v) is 1.94. The van der Waals surface area contributed by atoms with Gasteiger partial charge in [-0.2, -0.15) is 0 Å². The monoisotopic (exact) mass is 142 g/mol. The highest BCUT2D eigenvalue weighted by Gasteiger charge is 1.96. The largest absolute Gasteiger partial charge is 0.383 e. The Hall–Kier alpha value is -0.970. The Kier molecular flexibility index (Phi) is 2.33. The van der Waals surface area contributed by atoms with Crippen molar-refractivity contribution in [1.29, 1.82) is 0 Å². The molecule has 1 aromatic rings. The van der Waals surface area contributed by atoms with E-state index < -0.39 is 0 Å². The van der Waals surface area contributed by atoms with Crippen LogP contribution in [0.1, 0.15) is 5.82 Å². The molecule has 1 rings (SSSR count). The van der Waals surface area contributed by atoms with Gasteiger partial charge < -0.3 is 4.74 Å². The Bertz CT molecular complexity index is 197. The van der Waals surface area contributed by atoms with Crippen molar-refractivity contribution in [3.05, 3.63) is 5.82 Å². The molecule has 0 saturated heterocycles. The molecular weight excluding hydrogens is 132 g/mol. The van der Waals surface area contributed by atoms with E-state index in [1.807, 2.05) is 6.92 Å². The van der Waals surface area contributed by atoms with E-state index in [1.54, 1.807) is 11.8 Å². The first kappa shape index (κ1) is 7.14. The van der Waals surface area contributed by atoms with E-state index in [9.17, 15) is 0 Å². The number of ether oxygens (including phenoxy) is 1. The van der Waals surface area contributed by atoms with Crippen molar-refractivity contribution >= 4 is 0 Å². The maximum absolute atomic E-state index is 4.85. The minimum atomic E-state index is 0.645. The van der Waals surface area contributed by atoms with E-state index in [-0.39, 0.29) is 0 Å². The molecule has 0 aliphatic heterocycles. The smallest absolute Gasteiger partial charge is 0.148 e. The summed E-state index contributed by atoms with van der Waals surface area (Å²) >= 11 is 0. The lowest BCUT2D eigenvalue weighted by Crippen LogP contribution is -2.07. The Balaban J connectivity index is 2.49. The normalized spacial score (nSPS) is 10.2. The van der Waals surface area contributed by atoms with Gasteiger partial charge in [0, 0.05) is 7.11 Å². The molecule has 0 aromatic carbocycles. The maximum Gasteiger partial charge on any atom is 0.148 e. The number of rotatable bonds is 3. The molecule has 10 heavy (non-hydrogen) atoms. The highest BCUT2D eigenvalue weighted by molar-refractivity contribution is 4.72. The number of hydrogen-bond acceptors (Lipinski definition) is 4. The Morgan fingerprint density at radius 2 is 2.40 bits per heavy atom. The lowest BCUT2D eigenvalue weighted by Gasteiger charge is -1.98. The quantitative estimate of drug-likeness (QED) is 0.577. The molecule has 0 N–H and O–H groups in total. The number of tetrazole rings is 1. The van der Waals surface area contributed by atoms with Crippen LogP contribution in [0.4, 0.5) is 0 Å². The number of hydrogen-bond donors (Lipinski definition) is 0. The fraction of sp³-hybridized carbons (Fsp3) is 0.800. The highest BCUT2D eigenvalue weighted by Crippen LogP contribution is 1.86. The molecular formula is C5H10N4O. The Labute approximate surface area is 59.0 Å². The van der Waals surface area contributed by atoms with Gasteiger partial charge in [-0.25, -0.2) is 4.68 Å². The molecule has 0 fully saturated rings. The minimum Gasteiger partial charge on any atom is -0.383 e. The highest BCUT2D eigenvalue weighted by atomic mass is 16.5. The van der Waals surface area contributed by atoms with Crippen LogP contribution in [0.15, 0.2) is 0 Å². The summed E-state index contributed by atoms with van der Waals surface area (Å²) in [6.07, 6.45) is 0. The molecule has 0 amide bonds. The Morgan fingerprint density at radius 1 is 1.60 bits per heavy atom. The number of aryl methyl sites for hydroxylation is 1. The zero-order valence-electron chi connectivity index (χ0n) is 6.11. The van der Waals surface area contributed by atoms with Crippen molar-refractivity contribution < 1.29 is 4.74 Å². The zero-order chi connectivity index (χ0) is 7.40. The molecule has 0 spiro atoms. The third kappa shape index (κ3) is 1.51. The van der Waals surface area contributed by atoms with E-state index in [4.69, 9.17) is 4.74 Å². The summed E-state index contributed by atoms with van der Waals surface area (Å²) in [7, 11) is 1.65. The first-order chi connectivity index (χ1) is 4.84. The first-order valence-corrected chi connectivity index (χ1v) is 3.06. The molecule has 0 saturated carbocycles. The molecule has 56 valence electrons. The summed E-state index contributed by atoms with van der Waals surface area (Å²) in [5.74, 6) is 0.817. The molecule has 0 aliphatic rings. The fourth-order valence-electron chi connectivity index (χ4n) is 0.634. The van der Waals surface area contributed by atoms with Crippen molar-refractivity contribution in [2.24, 2.45) is 0 Å². The lowest BCUT2D eigenvalue weighted by molar-refractivity contribution is 0.182. The van der Waals surface area contributed by atoms with Crippen molar-refractivity contribution in [3.63, 3.8) is 0 Å². The van der Waals surface area contributed by atoms with Crippen molar-refractivity contribution in [1.82, 2.24) is 20.2 Å². The summed E-state index contributed by atoms with van der Waals surface area (Å²) in [5, 5.41) is 10.9. The van der Waals surface area contributed by atoms with E-state index in [1.165, 1.54) is 0 Å². The Morgan fingerprint density at radius 3 is 2.90 bits per heavy atom. The second kappa shape index (κ2) is 3.26. The zero-order valence-corrected chi connectivity index (χ0v) is 6.11. The summed E-state index contributed by atoms with van der Waals surface area (Å²) in [4.78, 5) is 0. The van der Waals surface area contributed by atoms with Crippen LogP contribution in [0.25, 0.3) is 0 Å². The van der Waals surface area contributed by atoms with Crippen molar-refractivity contribution in [2.75, 3.05) is 13.7 Å². The summed E-state index contributed by atoms with van der Waals surface area (Å²) in [6.45, 7) is 3.22. The molecule has 5 nitrogen and oxygen atoms in total. The average Bonchev–Trinajstić information content (AvgIpc) is 2.31. The van der Waals surface area contributed by atoms with E-state index >= 15 is 0 Å². The van der Waals surface area contributed by atoms with E-state index in [0.717, 1.165) is 12.4 Å². The van der Waals surface area contributed by atoms with Crippen LogP contribution in [0.2, 0.25) is 0 Å². The van der Waals surface area contributed by atoms with Crippen LogP contribution in [0.5, 0.6) is 0 Å². The van der Waals surface area contributed by atoms with Crippen LogP contribution in [-0.2, 0) is 11.3 Å². The molecule has 0 aliphatic carbocycles. The molecule has 0 unspecified atom stereocenters. The van der Waals surface area contributed by atoms with Crippen LogP contribution < -0.4 is 0 Å². The van der Waals surface area contributed by atoms with Gasteiger partial charge in [-0.3, -0.25) is 0 Å². The molecule has 5 heteroatoms. The van der Waals surface area contributed by atoms with Crippen molar-refractivity contribution in [2.45, 2.75) is 13.5 Å². The molecule has 1 aromatic heterocycles. The third-order valence-corrected chi connectivity index (χ3v) is 1.22. The average molecular weight is 142 g/mol. The fourth-order valence-corrected chi connectivity index (χ4v) is 0.634. The molecule has 0 radical (unpaired) electrons. The topological polar surface area (TPSA) is 52.8 Å². The molecule has 0 bridgehead atoms. The molecule has 1 heterocycles. The van der Waals surface area contributed by atoms with Gasteiger partial charge in [-0.15, -0.1) is 5.10 Å².